The first-order valence-electron chi connectivity index (χ1n) is 8.88. The molecule has 174 valence electrons. The number of alkyl halides is 6. The van der Waals surface area contributed by atoms with Crippen LogP contribution in [-0.4, -0.2) is 37.6 Å². The zero-order valence-corrected chi connectivity index (χ0v) is 16.6. The van der Waals surface area contributed by atoms with Gasteiger partial charge in [0, 0.05) is 17.8 Å². The van der Waals surface area contributed by atoms with Crippen molar-refractivity contribution in [3.8, 4) is 11.4 Å². The second kappa shape index (κ2) is 9.08. The summed E-state index contributed by atoms with van der Waals surface area (Å²) in [5, 5.41) is 4.01. The first-order valence-corrected chi connectivity index (χ1v) is 8.88. The zero-order valence-electron chi connectivity index (χ0n) is 16.6. The van der Waals surface area contributed by atoms with Crippen LogP contribution in [0.3, 0.4) is 0 Å². The highest BCUT2D eigenvalue weighted by molar-refractivity contribution is 6.03. The largest absolute Gasteiger partial charge is 0.416 e. The van der Waals surface area contributed by atoms with Gasteiger partial charge in [-0.05, 0) is 24.1 Å². The SMILES string of the molecule is CC(C)[C@H](N)C(=O)N(N)C(=O)C=Cn1cnc(-c2cc(C(F)(F)F)cc(C(F)(F)F)c2)n1. The van der Waals surface area contributed by atoms with Gasteiger partial charge in [0.2, 0.25) is 0 Å². The van der Waals surface area contributed by atoms with Crippen molar-refractivity contribution in [1.82, 2.24) is 19.8 Å². The summed E-state index contributed by atoms with van der Waals surface area (Å²) in [5.41, 5.74) is 2.04. The summed E-state index contributed by atoms with van der Waals surface area (Å²) in [6.45, 7) is 3.29. The molecule has 32 heavy (non-hydrogen) atoms. The van der Waals surface area contributed by atoms with Crippen LogP contribution in [0.1, 0.15) is 25.0 Å². The number of amides is 2. The first-order chi connectivity index (χ1) is 14.6. The number of rotatable bonds is 5. The number of nitrogens with zero attached hydrogens (tertiary/aromatic N) is 4. The molecule has 0 unspecified atom stereocenters. The van der Waals surface area contributed by atoms with Gasteiger partial charge in [-0.3, -0.25) is 9.59 Å². The van der Waals surface area contributed by atoms with Gasteiger partial charge in [0.05, 0.1) is 17.2 Å². The van der Waals surface area contributed by atoms with Gasteiger partial charge in [0.1, 0.15) is 6.33 Å². The molecule has 0 fully saturated rings. The van der Waals surface area contributed by atoms with E-state index in [4.69, 9.17) is 11.6 Å². The van der Waals surface area contributed by atoms with Gasteiger partial charge in [0.25, 0.3) is 11.8 Å². The van der Waals surface area contributed by atoms with E-state index in [9.17, 15) is 35.9 Å². The van der Waals surface area contributed by atoms with Crippen LogP contribution in [0.5, 0.6) is 0 Å². The lowest BCUT2D eigenvalue weighted by atomic mass is 10.0. The molecule has 4 N–H and O–H groups in total. The summed E-state index contributed by atoms with van der Waals surface area (Å²) in [7, 11) is 0. The molecule has 8 nitrogen and oxygen atoms in total. The third-order valence-electron chi connectivity index (χ3n) is 4.20. The van der Waals surface area contributed by atoms with Crippen LogP contribution in [0.15, 0.2) is 30.6 Å². The van der Waals surface area contributed by atoms with Gasteiger partial charge in [-0.15, -0.1) is 5.10 Å². The number of aromatic nitrogens is 3. The molecule has 2 rings (SSSR count). The average Bonchev–Trinajstić information content (AvgIpc) is 3.17. The van der Waals surface area contributed by atoms with Crippen molar-refractivity contribution in [2.24, 2.45) is 17.5 Å². The monoisotopic (exact) mass is 464 g/mol. The predicted molar refractivity (Wildman–Crippen MR) is 99.6 cm³/mol. The van der Waals surface area contributed by atoms with E-state index in [0.29, 0.717) is 12.1 Å². The fraction of sp³-hybridized carbons (Fsp3) is 0.333. The minimum atomic E-state index is -5.03. The second-order valence-corrected chi connectivity index (χ2v) is 6.97. The van der Waals surface area contributed by atoms with E-state index in [1.54, 1.807) is 13.8 Å². The number of halogens is 6. The Labute approximate surface area is 177 Å². The predicted octanol–water partition coefficient (Wildman–Crippen LogP) is 2.67. The molecule has 0 aliphatic rings. The molecule has 0 saturated carbocycles. The third kappa shape index (κ3) is 5.91. The Bertz CT molecular complexity index is 995. The molecule has 0 saturated heterocycles. The molecule has 0 aliphatic carbocycles. The molecular formula is C18H18F6N6O2. The zero-order chi connectivity index (χ0) is 24.4. The van der Waals surface area contributed by atoms with Crippen molar-refractivity contribution in [1.29, 1.82) is 0 Å². The molecule has 0 radical (unpaired) electrons. The highest BCUT2D eigenvalue weighted by atomic mass is 19.4. The van der Waals surface area contributed by atoms with E-state index in [1.165, 1.54) is 0 Å². The van der Waals surface area contributed by atoms with Crippen LogP contribution in [0.4, 0.5) is 26.3 Å². The van der Waals surface area contributed by atoms with Crippen LogP contribution in [0, 0.1) is 5.92 Å². The summed E-state index contributed by atoms with van der Waals surface area (Å²) < 4.78 is 78.8. The highest BCUT2D eigenvalue weighted by Crippen LogP contribution is 2.38. The van der Waals surface area contributed by atoms with Crippen LogP contribution in [-0.2, 0) is 21.9 Å². The van der Waals surface area contributed by atoms with Crippen LogP contribution in [0.25, 0.3) is 17.6 Å². The van der Waals surface area contributed by atoms with Gasteiger partial charge in [-0.1, -0.05) is 13.8 Å². The van der Waals surface area contributed by atoms with E-state index in [-0.39, 0.29) is 17.0 Å². The van der Waals surface area contributed by atoms with Crippen LogP contribution >= 0.6 is 0 Å². The summed E-state index contributed by atoms with van der Waals surface area (Å²) in [6, 6.07) is -0.109. The van der Waals surface area contributed by atoms with Crippen molar-refractivity contribution >= 4 is 18.0 Å². The molecule has 1 aromatic heterocycles. The van der Waals surface area contributed by atoms with E-state index < -0.39 is 52.7 Å². The minimum Gasteiger partial charge on any atom is -0.320 e. The number of imide groups is 1. The van der Waals surface area contributed by atoms with Crippen molar-refractivity contribution < 1.29 is 35.9 Å². The molecule has 0 aliphatic heterocycles. The fourth-order valence-electron chi connectivity index (χ4n) is 2.34. The number of carbonyl (C=O) groups is 2. The molecule has 2 amide bonds. The molecule has 0 spiro atoms. The summed E-state index contributed by atoms with van der Waals surface area (Å²) >= 11 is 0. The molecular weight excluding hydrogens is 446 g/mol. The maximum absolute atomic E-state index is 13.0. The minimum absolute atomic E-state index is 0.0201. The first kappa shape index (κ1) is 25.0. The molecule has 0 bridgehead atoms. The average molecular weight is 464 g/mol. The number of hydrogen-bond acceptors (Lipinski definition) is 6. The lowest BCUT2D eigenvalue weighted by Gasteiger charge is -2.20. The maximum atomic E-state index is 13.0. The maximum Gasteiger partial charge on any atom is 0.416 e. The van der Waals surface area contributed by atoms with E-state index >= 15 is 0 Å². The van der Waals surface area contributed by atoms with Crippen molar-refractivity contribution in [3.05, 3.63) is 41.7 Å². The molecule has 2 aromatic rings. The van der Waals surface area contributed by atoms with Gasteiger partial charge in [0.15, 0.2) is 5.82 Å². The number of hydrogen-bond donors (Lipinski definition) is 2. The smallest absolute Gasteiger partial charge is 0.320 e. The second-order valence-electron chi connectivity index (χ2n) is 6.97. The van der Waals surface area contributed by atoms with E-state index in [1.807, 2.05) is 0 Å². The Morgan fingerprint density at radius 2 is 1.59 bits per heavy atom. The Morgan fingerprint density at radius 3 is 2.06 bits per heavy atom. The molecule has 1 heterocycles. The Hall–Kier alpha value is -3.26. The van der Waals surface area contributed by atoms with E-state index in [0.717, 1.165) is 23.3 Å². The van der Waals surface area contributed by atoms with Gasteiger partial charge in [-0.25, -0.2) is 20.5 Å². The van der Waals surface area contributed by atoms with Gasteiger partial charge < -0.3 is 5.73 Å². The molecule has 14 heteroatoms. The van der Waals surface area contributed by atoms with E-state index in [2.05, 4.69) is 10.1 Å². The summed E-state index contributed by atoms with van der Waals surface area (Å²) in [5.74, 6) is 2.83. The Morgan fingerprint density at radius 1 is 1.06 bits per heavy atom. The quantitative estimate of drug-likeness (QED) is 0.231. The Balaban J connectivity index is 2.29. The van der Waals surface area contributed by atoms with Crippen molar-refractivity contribution in [2.45, 2.75) is 32.2 Å². The van der Waals surface area contributed by atoms with Gasteiger partial charge >= 0.3 is 12.4 Å². The van der Waals surface area contributed by atoms with Crippen LogP contribution < -0.4 is 11.6 Å². The molecule has 1 atom stereocenters. The lowest BCUT2D eigenvalue weighted by molar-refractivity contribution is -0.145. The van der Waals surface area contributed by atoms with Crippen LogP contribution in [0.2, 0.25) is 0 Å². The highest BCUT2D eigenvalue weighted by Gasteiger charge is 2.37. The van der Waals surface area contributed by atoms with Crippen molar-refractivity contribution in [3.63, 3.8) is 0 Å². The summed E-state index contributed by atoms with van der Waals surface area (Å²) in [4.78, 5) is 27.6. The van der Waals surface area contributed by atoms with Crippen molar-refractivity contribution in [2.75, 3.05) is 0 Å². The topological polar surface area (TPSA) is 120 Å². The number of nitrogens with two attached hydrogens (primary N) is 2. The fourth-order valence-corrected chi connectivity index (χ4v) is 2.34. The standard InChI is InChI=1S/C18H18F6N6O2/c1-9(2)14(25)16(32)30(26)13(31)3-4-29-8-27-15(28-29)10-5-11(17(19,20)21)7-12(6-10)18(22,23)24/h3-9,14H,25-26H2,1-2H3/t14-/m0/s1. The summed E-state index contributed by atoms with van der Waals surface area (Å²) in [6.07, 6.45) is -7.35. The third-order valence-corrected chi connectivity index (χ3v) is 4.20. The molecule has 1 aromatic carbocycles. The lowest BCUT2D eigenvalue weighted by Crippen LogP contribution is -2.52. The number of hydrazine groups is 1. The van der Waals surface area contributed by atoms with Gasteiger partial charge in [-0.2, -0.15) is 26.3 Å². The Kier molecular flexibility index (Phi) is 7.09. The number of benzene rings is 1. The normalized spacial score (nSPS) is 13.6. The number of carbonyl (C=O) groups excluding carboxylic acids is 2.